The molecule has 0 saturated carbocycles. The first kappa shape index (κ1) is 49.5. The van der Waals surface area contributed by atoms with Crippen LogP contribution < -0.4 is 0 Å². The van der Waals surface area contributed by atoms with E-state index in [1.54, 1.807) is 0 Å². The average molecular weight is 729 g/mol. The Balaban J connectivity index is 3.65. The van der Waals surface area contributed by atoms with E-state index in [4.69, 9.17) is 9.47 Å². The minimum atomic E-state index is -0.586. The van der Waals surface area contributed by atoms with Crippen LogP contribution in [0.2, 0.25) is 0 Å². The molecule has 0 spiro atoms. The van der Waals surface area contributed by atoms with Crippen molar-refractivity contribution in [2.24, 2.45) is 0 Å². The maximum atomic E-state index is 12.2. The van der Waals surface area contributed by atoms with Crippen molar-refractivity contribution < 1.29 is 19.4 Å². The Bertz CT molecular complexity index is 1130. The Morgan fingerprint density at radius 2 is 0.792 bits per heavy atom. The molecule has 1 unspecified atom stereocenters. The fourth-order valence-electron chi connectivity index (χ4n) is 4.95. The number of aliphatic hydroxyl groups is 1. The lowest BCUT2D eigenvalue weighted by Crippen LogP contribution is -2.27. The topological polar surface area (TPSA) is 55.8 Å². The van der Waals surface area contributed by atoms with E-state index in [0.29, 0.717) is 13.0 Å². The summed E-state index contributed by atoms with van der Waals surface area (Å²) in [4.78, 5) is 12.2. The molecule has 4 heteroatoms. The Labute approximate surface area is 326 Å². The van der Waals surface area contributed by atoms with Gasteiger partial charge in [-0.05, 0) is 103 Å². The number of unbranched alkanes of at least 4 members (excludes halogenated alkanes) is 6. The molecule has 0 fully saturated rings. The normalized spacial score (nSPS) is 13.8. The van der Waals surface area contributed by atoms with E-state index in [-0.39, 0.29) is 19.2 Å². The molecule has 0 aromatic rings. The Morgan fingerprint density at radius 3 is 1.19 bits per heavy atom. The van der Waals surface area contributed by atoms with Crippen LogP contribution in [0, 0.1) is 0 Å². The molecule has 0 aliphatic carbocycles. The first-order chi connectivity index (χ1) is 26.2. The molecule has 0 aliphatic heterocycles. The highest BCUT2D eigenvalue weighted by Gasteiger charge is 2.13. The Morgan fingerprint density at radius 1 is 0.453 bits per heavy atom. The summed E-state index contributed by atoms with van der Waals surface area (Å²) < 4.78 is 11.1. The number of allylic oxidation sites excluding steroid dienone is 22. The highest BCUT2D eigenvalue weighted by atomic mass is 16.6. The summed E-state index contributed by atoms with van der Waals surface area (Å²) in [6.45, 7) is 4.98. The third kappa shape index (κ3) is 42.8. The molecule has 0 saturated heterocycles. The van der Waals surface area contributed by atoms with E-state index < -0.39 is 6.10 Å². The van der Waals surface area contributed by atoms with Gasteiger partial charge in [-0.2, -0.15) is 0 Å². The van der Waals surface area contributed by atoms with Gasteiger partial charge in [0.15, 0.2) is 0 Å². The quantitative estimate of drug-likeness (QED) is 0.0396. The molecule has 296 valence electrons. The maximum absolute atomic E-state index is 12.2. The first-order valence-corrected chi connectivity index (χ1v) is 20.8. The van der Waals surface area contributed by atoms with Crippen LogP contribution in [0.15, 0.2) is 134 Å². The molecule has 0 bridgehead atoms. The van der Waals surface area contributed by atoms with Crippen molar-refractivity contribution in [1.29, 1.82) is 0 Å². The van der Waals surface area contributed by atoms with Crippen LogP contribution in [0.1, 0.15) is 142 Å². The van der Waals surface area contributed by atoms with Gasteiger partial charge in [0.1, 0.15) is 6.10 Å². The van der Waals surface area contributed by atoms with Gasteiger partial charge in [-0.3, -0.25) is 4.79 Å². The molecule has 1 N–H and O–H groups in total. The zero-order valence-electron chi connectivity index (χ0n) is 33.7. The van der Waals surface area contributed by atoms with Gasteiger partial charge in [-0.25, -0.2) is 0 Å². The maximum Gasteiger partial charge on any atom is 0.306 e. The van der Waals surface area contributed by atoms with Crippen LogP contribution in [0.25, 0.3) is 0 Å². The van der Waals surface area contributed by atoms with E-state index in [9.17, 15) is 9.90 Å². The van der Waals surface area contributed by atoms with Gasteiger partial charge >= 0.3 is 5.97 Å². The summed E-state index contributed by atoms with van der Waals surface area (Å²) in [6, 6.07) is 0. The first-order valence-electron chi connectivity index (χ1n) is 20.8. The van der Waals surface area contributed by atoms with Crippen LogP contribution in [0.5, 0.6) is 0 Å². The number of carbonyl (C=O) groups is 1. The van der Waals surface area contributed by atoms with E-state index >= 15 is 0 Å². The van der Waals surface area contributed by atoms with Crippen molar-refractivity contribution in [3.8, 4) is 0 Å². The second kappa shape index (κ2) is 44.7. The highest BCUT2D eigenvalue weighted by molar-refractivity contribution is 5.69. The minimum Gasteiger partial charge on any atom is -0.457 e. The lowest BCUT2D eigenvalue weighted by molar-refractivity contribution is -0.154. The fraction of sp³-hybridized carbons (Fsp3) is 0.531. The molecule has 53 heavy (non-hydrogen) atoms. The standard InChI is InChI=1S/C49H76O4/c1-3-5-7-9-11-13-15-17-19-21-22-23-24-25-26-27-29-31-33-35-37-39-41-43-45-52-47-48(46-50)53-49(51)44-42-40-38-36-34-32-30-28-20-18-16-14-12-10-8-6-4-2/h5-8,11-14,17-20,22-23,25-26,29-32,36,38,48,50H,3-4,9-10,15-16,21,24,27-28,33-35,37,39-47H2,1-2H3/b7-5-,8-6-,13-11-,14-12-,19-17-,20-18-,23-22-,26-25-,31-29-,32-30-,38-36-. The van der Waals surface area contributed by atoms with Crippen LogP contribution in [0.3, 0.4) is 0 Å². The second-order valence-corrected chi connectivity index (χ2v) is 12.9. The molecule has 0 rings (SSSR count). The van der Waals surface area contributed by atoms with Crippen molar-refractivity contribution >= 4 is 5.97 Å². The summed E-state index contributed by atoms with van der Waals surface area (Å²) in [5.41, 5.74) is 0. The van der Waals surface area contributed by atoms with Crippen molar-refractivity contribution in [3.63, 3.8) is 0 Å². The van der Waals surface area contributed by atoms with Gasteiger partial charge in [0, 0.05) is 13.0 Å². The number of hydrogen-bond donors (Lipinski definition) is 1. The van der Waals surface area contributed by atoms with Gasteiger partial charge in [-0.15, -0.1) is 0 Å². The average Bonchev–Trinajstić information content (AvgIpc) is 3.16. The van der Waals surface area contributed by atoms with Crippen molar-refractivity contribution in [2.45, 2.75) is 148 Å². The monoisotopic (exact) mass is 729 g/mol. The number of aliphatic hydroxyl groups excluding tert-OH is 1. The molecule has 0 aromatic carbocycles. The molecule has 0 aromatic heterocycles. The zero-order chi connectivity index (χ0) is 38.4. The third-order valence-electron chi connectivity index (χ3n) is 7.97. The van der Waals surface area contributed by atoms with Gasteiger partial charge in [0.05, 0.1) is 13.2 Å². The summed E-state index contributed by atoms with van der Waals surface area (Å²) in [6.07, 6.45) is 68.0. The van der Waals surface area contributed by atoms with Crippen LogP contribution in [-0.4, -0.2) is 37.0 Å². The van der Waals surface area contributed by atoms with Gasteiger partial charge < -0.3 is 14.6 Å². The zero-order valence-corrected chi connectivity index (χ0v) is 33.7. The minimum absolute atomic E-state index is 0.213. The molecule has 4 nitrogen and oxygen atoms in total. The largest absolute Gasteiger partial charge is 0.457 e. The predicted octanol–water partition coefficient (Wildman–Crippen LogP) is 13.9. The number of carbonyl (C=O) groups excluding carboxylic acids is 1. The van der Waals surface area contributed by atoms with Crippen molar-refractivity contribution in [3.05, 3.63) is 134 Å². The number of rotatable bonds is 36. The smallest absolute Gasteiger partial charge is 0.306 e. The number of esters is 1. The van der Waals surface area contributed by atoms with Crippen molar-refractivity contribution in [2.75, 3.05) is 19.8 Å². The SMILES string of the molecule is CC/C=C\C/C=C\C/C=C\C/C=C\C/C=C\C/C=C\CCCCCCCOCC(CO)OC(=O)CCC/C=C\C/C=C\C/C=C\C/C=C\C/C=C\CC. The van der Waals surface area contributed by atoms with Gasteiger partial charge in [-0.1, -0.05) is 167 Å². The van der Waals surface area contributed by atoms with E-state index in [0.717, 1.165) is 103 Å². The predicted molar refractivity (Wildman–Crippen MR) is 232 cm³/mol. The number of ether oxygens (including phenoxy) is 2. The lowest BCUT2D eigenvalue weighted by Gasteiger charge is -2.15. The second-order valence-electron chi connectivity index (χ2n) is 12.9. The molecule has 0 amide bonds. The van der Waals surface area contributed by atoms with E-state index in [2.05, 4.69) is 148 Å². The van der Waals surface area contributed by atoms with Gasteiger partial charge in [0.25, 0.3) is 0 Å². The van der Waals surface area contributed by atoms with E-state index in [1.807, 2.05) is 0 Å². The molecular formula is C49H76O4. The van der Waals surface area contributed by atoms with E-state index in [1.165, 1.54) is 19.3 Å². The van der Waals surface area contributed by atoms with Crippen LogP contribution in [-0.2, 0) is 14.3 Å². The molecule has 0 heterocycles. The molecule has 0 radical (unpaired) electrons. The van der Waals surface area contributed by atoms with Crippen LogP contribution in [0.4, 0.5) is 0 Å². The van der Waals surface area contributed by atoms with Crippen LogP contribution >= 0.6 is 0 Å². The summed E-state index contributed by atoms with van der Waals surface area (Å²) >= 11 is 0. The van der Waals surface area contributed by atoms with Gasteiger partial charge in [0.2, 0.25) is 0 Å². The Hall–Kier alpha value is -3.47. The summed E-state index contributed by atoms with van der Waals surface area (Å²) in [5, 5.41) is 9.59. The highest BCUT2D eigenvalue weighted by Crippen LogP contribution is 2.08. The molecule has 0 aliphatic rings. The number of hydrogen-bond acceptors (Lipinski definition) is 4. The molecular weight excluding hydrogens is 653 g/mol. The molecule has 1 atom stereocenters. The summed E-state index contributed by atoms with van der Waals surface area (Å²) in [7, 11) is 0. The lowest BCUT2D eigenvalue weighted by atomic mass is 10.1. The summed E-state index contributed by atoms with van der Waals surface area (Å²) in [5.74, 6) is -0.271. The fourth-order valence-corrected chi connectivity index (χ4v) is 4.95. The van der Waals surface area contributed by atoms with Crippen molar-refractivity contribution in [1.82, 2.24) is 0 Å². The third-order valence-corrected chi connectivity index (χ3v) is 7.97. The Kier molecular flexibility index (Phi) is 41.8.